The van der Waals surface area contributed by atoms with Crippen molar-refractivity contribution in [1.82, 2.24) is 4.90 Å². The van der Waals surface area contributed by atoms with Gasteiger partial charge in [-0.2, -0.15) is 5.26 Å². The summed E-state index contributed by atoms with van der Waals surface area (Å²) < 4.78 is 5.02. The lowest BCUT2D eigenvalue weighted by molar-refractivity contribution is -0.113. The standard InChI is InChI=1S/C13H16N2O3/c1-3-4-7-18-13(17)15-6-5-11(8-14)12(9-15)10(2)16/h5-6,9,11H,3-4,7H2,1-2H3. The van der Waals surface area contributed by atoms with E-state index in [9.17, 15) is 9.59 Å². The fourth-order valence-corrected chi connectivity index (χ4v) is 1.47. The number of hydrogen-bond donors (Lipinski definition) is 0. The second kappa shape index (κ2) is 6.60. The second-order valence-electron chi connectivity index (χ2n) is 3.96. The van der Waals surface area contributed by atoms with E-state index in [0.29, 0.717) is 12.2 Å². The van der Waals surface area contributed by atoms with Gasteiger partial charge in [0.25, 0.3) is 0 Å². The van der Waals surface area contributed by atoms with Crippen LogP contribution in [0.4, 0.5) is 4.79 Å². The highest BCUT2D eigenvalue weighted by molar-refractivity contribution is 5.95. The Morgan fingerprint density at radius 2 is 2.28 bits per heavy atom. The number of hydrogen-bond acceptors (Lipinski definition) is 4. The number of carbonyl (C=O) groups excluding carboxylic acids is 2. The molecule has 0 spiro atoms. The minimum absolute atomic E-state index is 0.225. The summed E-state index contributed by atoms with van der Waals surface area (Å²) in [5.74, 6) is -0.820. The largest absolute Gasteiger partial charge is 0.449 e. The molecule has 0 bridgehead atoms. The molecule has 1 heterocycles. The predicted octanol–water partition coefficient (Wildman–Crippen LogP) is 2.37. The Morgan fingerprint density at radius 1 is 1.56 bits per heavy atom. The molecule has 0 aromatic heterocycles. The van der Waals surface area contributed by atoms with Gasteiger partial charge in [-0.05, 0) is 19.4 Å². The maximum absolute atomic E-state index is 11.6. The maximum atomic E-state index is 11.6. The quantitative estimate of drug-likeness (QED) is 0.716. The highest BCUT2D eigenvalue weighted by Gasteiger charge is 2.23. The van der Waals surface area contributed by atoms with Crippen LogP contribution in [0.15, 0.2) is 24.0 Å². The average Bonchev–Trinajstić information content (AvgIpc) is 2.38. The van der Waals surface area contributed by atoms with Crippen LogP contribution in [0.3, 0.4) is 0 Å². The molecule has 5 heteroatoms. The summed E-state index contributed by atoms with van der Waals surface area (Å²) in [5, 5.41) is 8.88. The Bertz CT molecular complexity index is 432. The molecule has 0 aliphatic carbocycles. The molecule has 1 aliphatic rings. The molecule has 18 heavy (non-hydrogen) atoms. The molecule has 96 valence electrons. The van der Waals surface area contributed by atoms with Crippen LogP contribution in [-0.2, 0) is 9.53 Å². The van der Waals surface area contributed by atoms with Crippen molar-refractivity contribution in [2.45, 2.75) is 26.7 Å². The van der Waals surface area contributed by atoms with Gasteiger partial charge in [-0.3, -0.25) is 9.69 Å². The predicted molar refractivity (Wildman–Crippen MR) is 65.1 cm³/mol. The Morgan fingerprint density at radius 3 is 2.83 bits per heavy atom. The highest BCUT2D eigenvalue weighted by atomic mass is 16.6. The van der Waals surface area contributed by atoms with Crippen molar-refractivity contribution in [3.05, 3.63) is 24.0 Å². The Balaban J connectivity index is 2.72. The van der Waals surface area contributed by atoms with Crippen molar-refractivity contribution in [1.29, 1.82) is 5.26 Å². The summed E-state index contributed by atoms with van der Waals surface area (Å²) in [7, 11) is 0. The van der Waals surface area contributed by atoms with E-state index in [2.05, 4.69) is 0 Å². The Hall–Kier alpha value is -2.09. The van der Waals surface area contributed by atoms with Gasteiger partial charge in [0.2, 0.25) is 0 Å². The number of allylic oxidation sites excluding steroid dienone is 2. The number of ether oxygens (including phenoxy) is 1. The van der Waals surface area contributed by atoms with Crippen LogP contribution >= 0.6 is 0 Å². The van der Waals surface area contributed by atoms with Gasteiger partial charge in [-0.1, -0.05) is 13.3 Å². The topological polar surface area (TPSA) is 70.4 Å². The third-order valence-electron chi connectivity index (χ3n) is 2.53. The smallest absolute Gasteiger partial charge is 0.417 e. The van der Waals surface area contributed by atoms with Crippen molar-refractivity contribution < 1.29 is 14.3 Å². The molecule has 0 radical (unpaired) electrons. The van der Waals surface area contributed by atoms with E-state index in [1.54, 1.807) is 0 Å². The van der Waals surface area contributed by atoms with Gasteiger partial charge in [-0.15, -0.1) is 0 Å². The normalized spacial score (nSPS) is 17.9. The molecular formula is C13H16N2O3. The third-order valence-corrected chi connectivity index (χ3v) is 2.53. The number of unbranched alkanes of at least 4 members (excludes halogenated alkanes) is 1. The van der Waals surface area contributed by atoms with Gasteiger partial charge in [0, 0.05) is 18.0 Å². The number of carbonyl (C=O) groups is 2. The summed E-state index contributed by atoms with van der Waals surface area (Å²) in [5.41, 5.74) is 0.299. The minimum atomic E-state index is -0.595. The summed E-state index contributed by atoms with van der Waals surface area (Å²) in [6.45, 7) is 3.72. The lowest BCUT2D eigenvalue weighted by Gasteiger charge is -2.20. The highest BCUT2D eigenvalue weighted by Crippen LogP contribution is 2.20. The molecule has 0 saturated heterocycles. The monoisotopic (exact) mass is 248 g/mol. The minimum Gasteiger partial charge on any atom is -0.449 e. The van der Waals surface area contributed by atoms with Gasteiger partial charge in [0.15, 0.2) is 5.78 Å². The van der Waals surface area contributed by atoms with Crippen molar-refractivity contribution in [2.24, 2.45) is 5.92 Å². The first-order chi connectivity index (χ1) is 8.60. The van der Waals surface area contributed by atoms with E-state index < -0.39 is 12.0 Å². The molecule has 1 unspecified atom stereocenters. The van der Waals surface area contributed by atoms with E-state index in [-0.39, 0.29) is 5.78 Å². The molecular weight excluding hydrogens is 232 g/mol. The fourth-order valence-electron chi connectivity index (χ4n) is 1.47. The van der Waals surface area contributed by atoms with E-state index in [4.69, 9.17) is 10.00 Å². The van der Waals surface area contributed by atoms with E-state index in [0.717, 1.165) is 12.8 Å². The molecule has 1 atom stereocenters. The molecule has 0 aromatic carbocycles. The van der Waals surface area contributed by atoms with Crippen molar-refractivity contribution >= 4 is 11.9 Å². The number of rotatable bonds is 4. The lowest BCUT2D eigenvalue weighted by atomic mass is 9.96. The summed E-state index contributed by atoms with van der Waals surface area (Å²) in [6.07, 6.45) is 5.54. The zero-order valence-corrected chi connectivity index (χ0v) is 10.5. The zero-order valence-electron chi connectivity index (χ0n) is 10.5. The van der Waals surface area contributed by atoms with Crippen LogP contribution in [-0.4, -0.2) is 23.4 Å². The summed E-state index contributed by atoms with van der Waals surface area (Å²) in [4.78, 5) is 24.2. The van der Waals surface area contributed by atoms with Crippen LogP contribution < -0.4 is 0 Å². The van der Waals surface area contributed by atoms with Crippen LogP contribution in [0.1, 0.15) is 26.7 Å². The first-order valence-corrected chi connectivity index (χ1v) is 5.85. The molecule has 0 saturated carbocycles. The fraction of sp³-hybridized carbons (Fsp3) is 0.462. The maximum Gasteiger partial charge on any atom is 0.417 e. The van der Waals surface area contributed by atoms with Crippen LogP contribution in [0, 0.1) is 17.2 Å². The number of nitrogens with zero attached hydrogens (tertiary/aromatic N) is 2. The average molecular weight is 248 g/mol. The Kier molecular flexibility index (Phi) is 5.12. The van der Waals surface area contributed by atoms with Crippen LogP contribution in [0.25, 0.3) is 0 Å². The molecule has 0 aromatic rings. The van der Waals surface area contributed by atoms with Crippen LogP contribution in [0.5, 0.6) is 0 Å². The molecule has 1 aliphatic heterocycles. The zero-order chi connectivity index (χ0) is 13.5. The lowest BCUT2D eigenvalue weighted by Crippen LogP contribution is -2.27. The number of nitriles is 1. The van der Waals surface area contributed by atoms with Gasteiger partial charge >= 0.3 is 6.09 Å². The number of amides is 1. The van der Waals surface area contributed by atoms with Crippen molar-refractivity contribution in [3.63, 3.8) is 0 Å². The van der Waals surface area contributed by atoms with Crippen LogP contribution in [0.2, 0.25) is 0 Å². The Labute approximate surface area is 106 Å². The van der Waals surface area contributed by atoms with Gasteiger partial charge in [0.05, 0.1) is 18.6 Å². The third kappa shape index (κ3) is 3.45. The van der Waals surface area contributed by atoms with Gasteiger partial charge < -0.3 is 4.74 Å². The van der Waals surface area contributed by atoms with E-state index >= 15 is 0 Å². The SMILES string of the molecule is CCCCOC(=O)N1C=CC(C#N)C(C(C)=O)=C1. The number of ketones is 1. The van der Waals surface area contributed by atoms with E-state index in [1.165, 1.54) is 30.3 Å². The van der Waals surface area contributed by atoms with Crippen molar-refractivity contribution in [2.75, 3.05) is 6.61 Å². The van der Waals surface area contributed by atoms with Gasteiger partial charge in [-0.25, -0.2) is 4.79 Å². The van der Waals surface area contributed by atoms with E-state index in [1.807, 2.05) is 13.0 Å². The molecule has 1 amide bonds. The summed E-state index contributed by atoms with van der Waals surface area (Å²) >= 11 is 0. The summed E-state index contributed by atoms with van der Waals surface area (Å²) in [6, 6.07) is 1.99. The van der Waals surface area contributed by atoms with Crippen molar-refractivity contribution in [3.8, 4) is 6.07 Å². The second-order valence-corrected chi connectivity index (χ2v) is 3.96. The molecule has 0 fully saturated rings. The number of Topliss-reactive ketones (excluding diaryl/α,β-unsaturated/α-hetero) is 1. The van der Waals surface area contributed by atoms with Gasteiger partial charge in [0.1, 0.15) is 0 Å². The first kappa shape index (κ1) is 14.0. The first-order valence-electron chi connectivity index (χ1n) is 5.85. The molecule has 1 rings (SSSR count). The molecule has 0 N–H and O–H groups in total. The molecule has 5 nitrogen and oxygen atoms in total.